The lowest BCUT2D eigenvalue weighted by molar-refractivity contribution is -0.125. The molecule has 1 atom stereocenters. The molecule has 0 spiro atoms. The number of hydrogen-bond acceptors (Lipinski definition) is 3. The normalized spacial score (nSPS) is 15.3. The number of carbonyl (C=O) groups is 3. The van der Waals surface area contributed by atoms with Crippen LogP contribution in [0.4, 0.5) is 10.5 Å². The van der Waals surface area contributed by atoms with Crippen molar-refractivity contribution < 1.29 is 14.4 Å². The van der Waals surface area contributed by atoms with Gasteiger partial charge in [0.1, 0.15) is 0 Å². The van der Waals surface area contributed by atoms with Gasteiger partial charge in [-0.25, -0.2) is 4.79 Å². The van der Waals surface area contributed by atoms with E-state index >= 15 is 0 Å². The Balaban J connectivity index is 2.00. The Morgan fingerprint density at radius 3 is 2.75 bits per heavy atom. The Kier molecular flexibility index (Phi) is 6.35. The van der Waals surface area contributed by atoms with Crippen LogP contribution in [0.25, 0.3) is 0 Å². The lowest BCUT2D eigenvalue weighted by Crippen LogP contribution is -2.30. The summed E-state index contributed by atoms with van der Waals surface area (Å²) >= 11 is 0. The van der Waals surface area contributed by atoms with Gasteiger partial charge in [0, 0.05) is 11.6 Å². The highest BCUT2D eigenvalue weighted by Gasteiger charge is 2.28. The molecule has 0 aromatic heterocycles. The molecule has 6 nitrogen and oxygen atoms in total. The summed E-state index contributed by atoms with van der Waals surface area (Å²) in [6, 6.07) is 6.91. The Morgan fingerprint density at radius 1 is 1.33 bits per heavy atom. The number of benzene rings is 1. The van der Waals surface area contributed by atoms with E-state index in [9.17, 15) is 14.4 Å². The molecule has 0 saturated carbocycles. The second-order valence-corrected chi connectivity index (χ2v) is 6.08. The fourth-order valence-corrected chi connectivity index (χ4v) is 2.76. The third kappa shape index (κ3) is 4.57. The molecule has 1 saturated heterocycles. The second-order valence-electron chi connectivity index (χ2n) is 6.08. The minimum atomic E-state index is -0.375. The highest BCUT2D eigenvalue weighted by Crippen LogP contribution is 2.18. The molecule has 1 aromatic carbocycles. The summed E-state index contributed by atoms with van der Waals surface area (Å²) in [5, 5.41) is 5.44. The monoisotopic (exact) mass is 331 g/mol. The highest BCUT2D eigenvalue weighted by atomic mass is 16.2. The third-order valence-corrected chi connectivity index (χ3v) is 4.24. The number of nitrogens with one attached hydrogen (secondary N) is 2. The van der Waals surface area contributed by atoms with Crippen molar-refractivity contribution in [2.45, 2.75) is 46.1 Å². The number of nitrogens with zero attached hydrogens (tertiary/aromatic N) is 1. The van der Waals surface area contributed by atoms with Crippen molar-refractivity contribution in [3.63, 3.8) is 0 Å². The van der Waals surface area contributed by atoms with Gasteiger partial charge in [-0.05, 0) is 30.5 Å². The SMILES string of the molecule is CCCC[C@@H](CC)C(=O)Nc1cccc(CN2C(=O)CNC2=O)c1. The average molecular weight is 331 g/mol. The third-order valence-electron chi connectivity index (χ3n) is 4.24. The maximum Gasteiger partial charge on any atom is 0.324 e. The largest absolute Gasteiger partial charge is 0.329 e. The van der Waals surface area contributed by atoms with Crippen molar-refractivity contribution in [2.24, 2.45) is 5.92 Å². The first-order chi connectivity index (χ1) is 11.5. The Labute approximate surface area is 142 Å². The van der Waals surface area contributed by atoms with Crippen molar-refractivity contribution in [2.75, 3.05) is 11.9 Å². The maximum atomic E-state index is 12.4. The van der Waals surface area contributed by atoms with E-state index in [0.717, 1.165) is 31.2 Å². The zero-order valence-electron chi connectivity index (χ0n) is 14.3. The first-order valence-corrected chi connectivity index (χ1v) is 8.53. The first kappa shape index (κ1) is 18.0. The first-order valence-electron chi connectivity index (χ1n) is 8.53. The molecule has 1 aliphatic rings. The number of rotatable bonds is 8. The van der Waals surface area contributed by atoms with Gasteiger partial charge in [0.25, 0.3) is 0 Å². The molecule has 0 unspecified atom stereocenters. The molecule has 1 aliphatic heterocycles. The number of urea groups is 1. The summed E-state index contributed by atoms with van der Waals surface area (Å²) in [4.78, 5) is 36.8. The van der Waals surface area contributed by atoms with Gasteiger partial charge in [-0.15, -0.1) is 0 Å². The Hall–Kier alpha value is -2.37. The van der Waals surface area contributed by atoms with Crippen LogP contribution in [0.5, 0.6) is 0 Å². The van der Waals surface area contributed by atoms with Crippen molar-refractivity contribution in [1.82, 2.24) is 10.2 Å². The topological polar surface area (TPSA) is 78.5 Å². The maximum absolute atomic E-state index is 12.4. The molecule has 1 heterocycles. The summed E-state index contributed by atoms with van der Waals surface area (Å²) in [5.74, 6) is -0.197. The van der Waals surface area contributed by atoms with E-state index in [-0.39, 0.29) is 36.9 Å². The van der Waals surface area contributed by atoms with Gasteiger partial charge in [-0.3, -0.25) is 14.5 Å². The van der Waals surface area contributed by atoms with Crippen LogP contribution in [-0.2, 0) is 16.1 Å². The summed E-state index contributed by atoms with van der Waals surface area (Å²) in [5.41, 5.74) is 1.50. The van der Waals surface area contributed by atoms with Gasteiger partial charge in [0.15, 0.2) is 0 Å². The van der Waals surface area contributed by atoms with Crippen LogP contribution in [0.2, 0.25) is 0 Å². The molecule has 0 bridgehead atoms. The zero-order chi connectivity index (χ0) is 17.5. The van der Waals surface area contributed by atoms with E-state index in [0.29, 0.717) is 5.69 Å². The standard InChI is InChI=1S/C18H25N3O3/c1-3-5-8-14(4-2)17(23)20-15-9-6-7-13(10-15)12-21-16(22)11-19-18(21)24/h6-7,9-10,14H,3-5,8,11-12H2,1-2H3,(H,19,24)(H,20,23)/t14-/m1/s1. The van der Waals surface area contributed by atoms with E-state index in [1.165, 1.54) is 4.90 Å². The van der Waals surface area contributed by atoms with Crippen molar-refractivity contribution in [3.05, 3.63) is 29.8 Å². The molecule has 0 radical (unpaired) electrons. The van der Waals surface area contributed by atoms with Gasteiger partial charge in [-0.2, -0.15) is 0 Å². The second kappa shape index (κ2) is 8.47. The molecule has 2 rings (SSSR count). The molecule has 2 N–H and O–H groups in total. The average Bonchev–Trinajstić information content (AvgIpc) is 2.88. The van der Waals surface area contributed by atoms with Crippen LogP contribution in [-0.4, -0.2) is 29.3 Å². The molecule has 130 valence electrons. The van der Waals surface area contributed by atoms with E-state index in [2.05, 4.69) is 17.6 Å². The molecule has 4 amide bonds. The van der Waals surface area contributed by atoms with Crippen LogP contribution in [0.3, 0.4) is 0 Å². The van der Waals surface area contributed by atoms with Crippen molar-refractivity contribution in [3.8, 4) is 0 Å². The van der Waals surface area contributed by atoms with Gasteiger partial charge in [0.05, 0.1) is 13.1 Å². The summed E-state index contributed by atoms with van der Waals surface area (Å²) < 4.78 is 0. The minimum Gasteiger partial charge on any atom is -0.329 e. The lowest BCUT2D eigenvalue weighted by atomic mass is 9.98. The van der Waals surface area contributed by atoms with Crippen LogP contribution in [0, 0.1) is 5.92 Å². The molecule has 24 heavy (non-hydrogen) atoms. The van der Waals surface area contributed by atoms with E-state index in [1.54, 1.807) is 0 Å². The van der Waals surface area contributed by atoms with Crippen LogP contribution in [0.15, 0.2) is 24.3 Å². The molecule has 0 aliphatic carbocycles. The number of amides is 4. The predicted molar refractivity (Wildman–Crippen MR) is 92.3 cm³/mol. The Bertz CT molecular complexity index is 599. The summed E-state index contributed by atoms with van der Waals surface area (Å²) in [6.45, 7) is 4.39. The Morgan fingerprint density at radius 2 is 2.12 bits per heavy atom. The molecule has 6 heteroatoms. The number of hydrogen-bond donors (Lipinski definition) is 2. The molecular weight excluding hydrogens is 306 g/mol. The lowest BCUT2D eigenvalue weighted by Gasteiger charge is -2.16. The van der Waals surface area contributed by atoms with Gasteiger partial charge in [-0.1, -0.05) is 38.8 Å². The molecule has 1 fully saturated rings. The summed E-state index contributed by atoms with van der Waals surface area (Å²) in [7, 11) is 0. The highest BCUT2D eigenvalue weighted by molar-refractivity contribution is 6.01. The van der Waals surface area contributed by atoms with Crippen molar-refractivity contribution >= 4 is 23.5 Å². The fourth-order valence-electron chi connectivity index (χ4n) is 2.76. The van der Waals surface area contributed by atoms with Crippen molar-refractivity contribution in [1.29, 1.82) is 0 Å². The van der Waals surface area contributed by atoms with Gasteiger partial charge >= 0.3 is 6.03 Å². The predicted octanol–water partition coefficient (Wildman–Crippen LogP) is 2.89. The van der Waals surface area contributed by atoms with E-state index in [4.69, 9.17) is 0 Å². The zero-order valence-corrected chi connectivity index (χ0v) is 14.3. The minimum absolute atomic E-state index is 0.0135. The van der Waals surface area contributed by atoms with Crippen LogP contribution in [0.1, 0.15) is 45.1 Å². The van der Waals surface area contributed by atoms with Gasteiger partial charge in [0.2, 0.25) is 11.8 Å². The van der Waals surface area contributed by atoms with Crippen LogP contribution >= 0.6 is 0 Å². The number of anilines is 1. The molecule has 1 aromatic rings. The smallest absolute Gasteiger partial charge is 0.324 e. The molecular formula is C18H25N3O3. The summed E-state index contributed by atoms with van der Waals surface area (Å²) in [6.07, 6.45) is 3.82. The number of unbranched alkanes of at least 4 members (excludes halogenated alkanes) is 1. The quantitative estimate of drug-likeness (QED) is 0.719. The van der Waals surface area contributed by atoms with Gasteiger partial charge < -0.3 is 10.6 Å². The number of carbonyl (C=O) groups excluding carboxylic acids is 3. The number of imide groups is 1. The fraction of sp³-hybridized carbons (Fsp3) is 0.500. The van der Waals surface area contributed by atoms with Crippen LogP contribution < -0.4 is 10.6 Å². The van der Waals surface area contributed by atoms with E-state index in [1.807, 2.05) is 31.2 Å². The van der Waals surface area contributed by atoms with E-state index < -0.39 is 0 Å².